The number of para-hydroxylation sites is 2. The summed E-state index contributed by atoms with van der Waals surface area (Å²) in [6.07, 6.45) is 0. The largest absolute Gasteiger partial charge is 0.310 e. The quantitative estimate of drug-likeness (QED) is 0.167. The third-order valence-electron chi connectivity index (χ3n) is 11.3. The van der Waals surface area contributed by atoms with Crippen molar-refractivity contribution in [3.05, 3.63) is 182 Å². The summed E-state index contributed by atoms with van der Waals surface area (Å²) in [7, 11) is 0. The normalized spacial score (nSPS) is 12.2. The number of hydrogen-bond donors (Lipinski definition) is 0. The van der Waals surface area contributed by atoms with E-state index in [0.717, 1.165) is 22.7 Å². The van der Waals surface area contributed by atoms with E-state index < -0.39 is 0 Å². The van der Waals surface area contributed by atoms with Crippen LogP contribution < -0.4 is 4.90 Å². The molecule has 0 spiro atoms. The Labute approximate surface area is 310 Å². The fourth-order valence-corrected chi connectivity index (χ4v) is 10.1. The number of rotatable bonds is 4. The SMILES string of the molecule is c1ccc(-n2c3ccccc3c3ccc(N(c4ccc5c(c4)-c4cccc6cc7ccccc7c-5c46)c4ccc5sc6ccccc6c5c4)cc32)cc1. The van der Waals surface area contributed by atoms with E-state index in [-0.39, 0.29) is 0 Å². The molecular weight excluding hydrogens is 661 g/mol. The van der Waals surface area contributed by atoms with Crippen LogP contribution in [-0.4, -0.2) is 4.57 Å². The zero-order valence-electron chi connectivity index (χ0n) is 28.6. The van der Waals surface area contributed by atoms with E-state index >= 15 is 0 Å². The smallest absolute Gasteiger partial charge is 0.0561 e. The van der Waals surface area contributed by atoms with Crippen LogP contribution in [0.25, 0.3) is 91.5 Å². The molecule has 11 aromatic rings. The van der Waals surface area contributed by atoms with Gasteiger partial charge in [0.25, 0.3) is 0 Å². The zero-order chi connectivity index (χ0) is 34.6. The van der Waals surface area contributed by atoms with Crippen molar-refractivity contribution in [2.45, 2.75) is 0 Å². The van der Waals surface area contributed by atoms with E-state index in [9.17, 15) is 0 Å². The Morgan fingerprint density at radius 3 is 1.98 bits per heavy atom. The second-order valence-electron chi connectivity index (χ2n) is 14.1. The lowest BCUT2D eigenvalue weighted by molar-refractivity contribution is 1.18. The molecule has 0 saturated carbocycles. The summed E-state index contributed by atoms with van der Waals surface area (Å²) in [4.78, 5) is 2.46. The summed E-state index contributed by atoms with van der Waals surface area (Å²) in [6.45, 7) is 0. The molecule has 0 amide bonds. The van der Waals surface area contributed by atoms with Gasteiger partial charge >= 0.3 is 0 Å². The molecular formula is C50H30N2S. The van der Waals surface area contributed by atoms with Crippen LogP contribution in [0.15, 0.2) is 182 Å². The Morgan fingerprint density at radius 2 is 1.06 bits per heavy atom. The van der Waals surface area contributed by atoms with E-state index in [1.54, 1.807) is 0 Å². The highest BCUT2D eigenvalue weighted by atomic mass is 32.1. The van der Waals surface area contributed by atoms with Crippen molar-refractivity contribution >= 4 is 91.9 Å². The van der Waals surface area contributed by atoms with E-state index in [0.29, 0.717) is 0 Å². The standard InChI is InChI=1S/C50H30N2S/c1-2-13-33(14-3-1)52-45-19-8-6-16-38(45)39-24-21-36(30-46(39)52)51(35-23-26-48-44(29-35)40-17-7-9-20-47(40)53-48)34-22-25-42-43(28-34)41-18-10-12-32-27-31-11-4-5-15-37(31)50(42)49(32)41/h1-30H. The van der Waals surface area contributed by atoms with Crippen molar-refractivity contribution in [3.63, 3.8) is 0 Å². The van der Waals surface area contributed by atoms with Crippen molar-refractivity contribution in [3.8, 4) is 27.9 Å². The monoisotopic (exact) mass is 690 g/mol. The molecule has 246 valence electrons. The second kappa shape index (κ2) is 10.9. The molecule has 1 aliphatic carbocycles. The topological polar surface area (TPSA) is 8.17 Å². The summed E-state index contributed by atoms with van der Waals surface area (Å²) in [6, 6.07) is 67.3. The molecule has 0 N–H and O–H groups in total. The molecule has 2 nitrogen and oxygen atoms in total. The van der Waals surface area contributed by atoms with E-state index in [2.05, 4.69) is 191 Å². The second-order valence-corrected chi connectivity index (χ2v) is 15.2. The number of fused-ring (bicyclic) bond motifs is 11. The molecule has 9 aromatic carbocycles. The zero-order valence-corrected chi connectivity index (χ0v) is 29.4. The minimum Gasteiger partial charge on any atom is -0.310 e. The van der Waals surface area contributed by atoms with Gasteiger partial charge in [-0.3, -0.25) is 0 Å². The van der Waals surface area contributed by atoms with Crippen LogP contribution in [0, 0.1) is 0 Å². The Bertz CT molecular complexity index is 3290. The van der Waals surface area contributed by atoms with Gasteiger partial charge in [0.15, 0.2) is 0 Å². The molecule has 0 fully saturated rings. The van der Waals surface area contributed by atoms with Crippen molar-refractivity contribution in [1.29, 1.82) is 0 Å². The molecule has 0 unspecified atom stereocenters. The molecule has 3 heteroatoms. The van der Waals surface area contributed by atoms with Crippen LogP contribution >= 0.6 is 11.3 Å². The highest BCUT2D eigenvalue weighted by molar-refractivity contribution is 7.25. The molecule has 12 rings (SSSR count). The number of anilines is 3. The van der Waals surface area contributed by atoms with Gasteiger partial charge in [0.1, 0.15) is 0 Å². The Balaban J connectivity index is 1.13. The molecule has 2 aromatic heterocycles. The van der Waals surface area contributed by atoms with Crippen molar-refractivity contribution in [2.24, 2.45) is 0 Å². The van der Waals surface area contributed by atoms with Gasteiger partial charge in [-0.05, 0) is 117 Å². The van der Waals surface area contributed by atoms with Crippen molar-refractivity contribution in [1.82, 2.24) is 4.57 Å². The first-order valence-corrected chi connectivity index (χ1v) is 19.0. The molecule has 53 heavy (non-hydrogen) atoms. The van der Waals surface area contributed by atoms with E-state index in [1.165, 1.54) is 85.8 Å². The first kappa shape index (κ1) is 29.0. The van der Waals surface area contributed by atoms with Crippen LogP contribution in [0.1, 0.15) is 0 Å². The van der Waals surface area contributed by atoms with Crippen LogP contribution in [0.4, 0.5) is 17.1 Å². The van der Waals surface area contributed by atoms with E-state index in [1.807, 2.05) is 11.3 Å². The molecule has 1 aliphatic rings. The minimum atomic E-state index is 1.12. The highest BCUT2D eigenvalue weighted by Crippen LogP contribution is 2.52. The molecule has 0 bridgehead atoms. The molecule has 0 radical (unpaired) electrons. The van der Waals surface area contributed by atoms with Crippen LogP contribution in [0.5, 0.6) is 0 Å². The Morgan fingerprint density at radius 1 is 0.377 bits per heavy atom. The summed E-state index contributed by atoms with van der Waals surface area (Å²) >= 11 is 1.86. The van der Waals surface area contributed by atoms with Crippen LogP contribution in [0.3, 0.4) is 0 Å². The fraction of sp³-hybridized carbons (Fsp3) is 0. The van der Waals surface area contributed by atoms with Gasteiger partial charge in [0, 0.05) is 53.7 Å². The molecule has 0 saturated heterocycles. The number of hydrogen-bond acceptors (Lipinski definition) is 2. The van der Waals surface area contributed by atoms with Gasteiger partial charge < -0.3 is 9.47 Å². The number of thiophene rings is 1. The predicted octanol–water partition coefficient (Wildman–Crippen LogP) is 14.6. The van der Waals surface area contributed by atoms with E-state index in [4.69, 9.17) is 0 Å². The molecule has 0 atom stereocenters. The van der Waals surface area contributed by atoms with Gasteiger partial charge in [0.05, 0.1) is 11.0 Å². The lowest BCUT2D eigenvalue weighted by Gasteiger charge is -2.27. The minimum absolute atomic E-state index is 1.12. The average molecular weight is 691 g/mol. The third kappa shape index (κ3) is 4.14. The molecule has 2 heterocycles. The lowest BCUT2D eigenvalue weighted by Crippen LogP contribution is -2.10. The maximum absolute atomic E-state index is 2.46. The van der Waals surface area contributed by atoms with Crippen LogP contribution in [-0.2, 0) is 0 Å². The first-order chi connectivity index (χ1) is 26.3. The number of aromatic nitrogens is 1. The Hall–Kier alpha value is -6.68. The third-order valence-corrected chi connectivity index (χ3v) is 12.4. The Kier molecular flexibility index (Phi) is 5.96. The van der Waals surface area contributed by atoms with Gasteiger partial charge in [0.2, 0.25) is 0 Å². The molecule has 0 aliphatic heterocycles. The van der Waals surface area contributed by atoms with Crippen LogP contribution in [0.2, 0.25) is 0 Å². The maximum atomic E-state index is 2.46. The summed E-state index contributed by atoms with van der Waals surface area (Å²) < 4.78 is 5.03. The lowest BCUT2D eigenvalue weighted by atomic mass is 9.96. The number of benzene rings is 9. The summed E-state index contributed by atoms with van der Waals surface area (Å²) in [5, 5.41) is 10.3. The van der Waals surface area contributed by atoms with Gasteiger partial charge in [-0.1, -0.05) is 109 Å². The average Bonchev–Trinajstić information content (AvgIpc) is 3.87. The van der Waals surface area contributed by atoms with Gasteiger partial charge in [-0.2, -0.15) is 0 Å². The predicted molar refractivity (Wildman–Crippen MR) is 228 cm³/mol. The summed E-state index contributed by atoms with van der Waals surface area (Å²) in [5.74, 6) is 0. The van der Waals surface area contributed by atoms with Crippen molar-refractivity contribution < 1.29 is 0 Å². The summed E-state index contributed by atoms with van der Waals surface area (Å²) in [5.41, 5.74) is 12.2. The van der Waals surface area contributed by atoms with Gasteiger partial charge in [-0.15, -0.1) is 11.3 Å². The first-order valence-electron chi connectivity index (χ1n) is 18.2. The highest BCUT2D eigenvalue weighted by Gasteiger charge is 2.26. The van der Waals surface area contributed by atoms with Gasteiger partial charge in [-0.25, -0.2) is 0 Å². The van der Waals surface area contributed by atoms with Crippen molar-refractivity contribution in [2.75, 3.05) is 4.90 Å². The fourth-order valence-electron chi connectivity index (χ4n) is 8.99. The number of nitrogens with zero attached hydrogens (tertiary/aromatic N) is 2. The maximum Gasteiger partial charge on any atom is 0.0561 e.